The fourth-order valence-electron chi connectivity index (χ4n) is 1.84. The monoisotopic (exact) mass is 262 g/mol. The van der Waals surface area contributed by atoms with E-state index < -0.39 is 0 Å². The largest absolute Gasteiger partial charge is 0.320 e. The molecular formula is C16H23FN2. The van der Waals surface area contributed by atoms with E-state index in [1.54, 1.807) is 6.07 Å². The Labute approximate surface area is 115 Å². The molecule has 3 heteroatoms. The summed E-state index contributed by atoms with van der Waals surface area (Å²) < 4.78 is 13.5. The molecule has 0 spiro atoms. The van der Waals surface area contributed by atoms with Gasteiger partial charge < -0.3 is 10.6 Å². The average Bonchev–Trinajstić information content (AvgIpc) is 2.33. The van der Waals surface area contributed by atoms with Crippen LogP contribution in [0.1, 0.15) is 31.4 Å². The lowest BCUT2D eigenvalue weighted by Crippen LogP contribution is -2.20. The van der Waals surface area contributed by atoms with Gasteiger partial charge in [-0.05, 0) is 49.7 Å². The third kappa shape index (κ3) is 6.37. The first kappa shape index (κ1) is 15.7. The van der Waals surface area contributed by atoms with Crippen LogP contribution in [0.4, 0.5) is 4.39 Å². The smallest absolute Gasteiger partial charge is 0.124 e. The molecule has 104 valence electrons. The first-order chi connectivity index (χ1) is 9.01. The average molecular weight is 262 g/mol. The zero-order valence-corrected chi connectivity index (χ0v) is 12.0. The van der Waals surface area contributed by atoms with E-state index in [4.69, 9.17) is 5.73 Å². The molecule has 0 saturated heterocycles. The van der Waals surface area contributed by atoms with E-state index in [0.29, 0.717) is 18.0 Å². The quantitative estimate of drug-likeness (QED) is 0.827. The van der Waals surface area contributed by atoms with Gasteiger partial charge in [-0.15, -0.1) is 0 Å². The number of hydrogen-bond acceptors (Lipinski definition) is 2. The predicted octanol–water partition coefficient (Wildman–Crippen LogP) is 2.61. The molecule has 0 saturated carbocycles. The van der Waals surface area contributed by atoms with Crippen molar-refractivity contribution in [1.29, 1.82) is 0 Å². The Bertz CT molecular complexity index is 458. The first-order valence-corrected chi connectivity index (χ1v) is 6.68. The molecule has 19 heavy (non-hydrogen) atoms. The number of halogens is 1. The van der Waals surface area contributed by atoms with Gasteiger partial charge in [0.25, 0.3) is 0 Å². The molecule has 1 aromatic carbocycles. The van der Waals surface area contributed by atoms with E-state index in [9.17, 15) is 4.39 Å². The fraction of sp³-hybridized carbons (Fsp3) is 0.500. The minimum absolute atomic E-state index is 0.240. The second-order valence-electron chi connectivity index (χ2n) is 5.27. The van der Waals surface area contributed by atoms with Crippen molar-refractivity contribution in [3.05, 3.63) is 35.1 Å². The van der Waals surface area contributed by atoms with E-state index >= 15 is 0 Å². The van der Waals surface area contributed by atoms with E-state index in [0.717, 1.165) is 25.1 Å². The van der Waals surface area contributed by atoms with E-state index in [1.165, 1.54) is 6.07 Å². The van der Waals surface area contributed by atoms with Crippen molar-refractivity contribution in [1.82, 2.24) is 4.90 Å². The highest BCUT2D eigenvalue weighted by atomic mass is 19.1. The maximum Gasteiger partial charge on any atom is 0.124 e. The van der Waals surface area contributed by atoms with Crippen LogP contribution < -0.4 is 5.73 Å². The topological polar surface area (TPSA) is 29.3 Å². The van der Waals surface area contributed by atoms with Crippen molar-refractivity contribution >= 4 is 0 Å². The predicted molar refractivity (Wildman–Crippen MR) is 78.1 cm³/mol. The molecule has 0 aliphatic carbocycles. The van der Waals surface area contributed by atoms with Crippen molar-refractivity contribution in [2.75, 3.05) is 20.1 Å². The summed E-state index contributed by atoms with van der Waals surface area (Å²) in [7, 11) is 2.05. The molecule has 1 rings (SSSR count). The molecule has 0 aliphatic rings. The molecule has 1 aromatic rings. The van der Waals surface area contributed by atoms with Crippen LogP contribution in [-0.2, 0) is 6.54 Å². The maximum absolute atomic E-state index is 13.5. The van der Waals surface area contributed by atoms with Crippen LogP contribution in [0.2, 0.25) is 0 Å². The van der Waals surface area contributed by atoms with Crippen LogP contribution in [0.25, 0.3) is 0 Å². The summed E-state index contributed by atoms with van der Waals surface area (Å²) in [5.41, 5.74) is 6.97. The summed E-state index contributed by atoms with van der Waals surface area (Å²) in [4.78, 5) is 2.20. The zero-order valence-electron chi connectivity index (χ0n) is 12.0. The third-order valence-electron chi connectivity index (χ3n) is 2.83. The Hall–Kier alpha value is -1.37. The van der Waals surface area contributed by atoms with Crippen LogP contribution >= 0.6 is 0 Å². The van der Waals surface area contributed by atoms with Gasteiger partial charge in [0.1, 0.15) is 5.82 Å². The molecule has 0 aromatic heterocycles. The highest BCUT2D eigenvalue weighted by Crippen LogP contribution is 2.11. The molecule has 2 nitrogen and oxygen atoms in total. The molecule has 0 amide bonds. The second kappa shape index (κ2) is 7.93. The summed E-state index contributed by atoms with van der Waals surface area (Å²) in [5.74, 6) is 6.07. The molecule has 0 aliphatic heterocycles. The summed E-state index contributed by atoms with van der Waals surface area (Å²) in [5, 5.41) is 0. The Kier molecular flexibility index (Phi) is 6.55. The van der Waals surface area contributed by atoms with Crippen molar-refractivity contribution in [2.45, 2.75) is 26.8 Å². The van der Waals surface area contributed by atoms with Crippen LogP contribution in [0.3, 0.4) is 0 Å². The summed E-state index contributed by atoms with van der Waals surface area (Å²) in [6.07, 6.45) is 1.14. The lowest BCUT2D eigenvalue weighted by atomic mass is 10.1. The summed E-state index contributed by atoms with van der Waals surface area (Å²) in [6, 6.07) is 4.94. The Morgan fingerprint density at radius 2 is 2.05 bits per heavy atom. The van der Waals surface area contributed by atoms with Gasteiger partial charge in [-0.1, -0.05) is 25.7 Å². The molecule has 0 unspecified atom stereocenters. The number of hydrogen-bond donors (Lipinski definition) is 1. The maximum atomic E-state index is 13.5. The standard InChI is InChI=1S/C16H23FN2/c1-13(2)6-8-19(3)12-15-9-14(5-4-7-18)10-16(17)11-15/h9-11,13H,6-8,12,18H2,1-3H3. The minimum atomic E-state index is -0.240. The highest BCUT2D eigenvalue weighted by molar-refractivity contribution is 5.37. The van der Waals surface area contributed by atoms with Crippen molar-refractivity contribution < 1.29 is 4.39 Å². The summed E-state index contributed by atoms with van der Waals surface area (Å²) >= 11 is 0. The van der Waals surface area contributed by atoms with Gasteiger partial charge in [0.2, 0.25) is 0 Å². The van der Waals surface area contributed by atoms with Crippen LogP contribution in [0, 0.1) is 23.6 Å². The van der Waals surface area contributed by atoms with E-state index in [-0.39, 0.29) is 5.82 Å². The molecule has 0 heterocycles. The van der Waals surface area contributed by atoms with Crippen molar-refractivity contribution in [3.8, 4) is 11.8 Å². The van der Waals surface area contributed by atoms with Gasteiger partial charge in [-0.2, -0.15) is 0 Å². The lowest BCUT2D eigenvalue weighted by molar-refractivity contribution is 0.303. The van der Waals surface area contributed by atoms with Gasteiger partial charge >= 0.3 is 0 Å². The van der Waals surface area contributed by atoms with Crippen LogP contribution in [0.15, 0.2) is 18.2 Å². The van der Waals surface area contributed by atoms with Crippen molar-refractivity contribution in [2.24, 2.45) is 11.7 Å². The molecule has 0 bridgehead atoms. The van der Waals surface area contributed by atoms with Gasteiger partial charge in [-0.25, -0.2) is 4.39 Å². The Morgan fingerprint density at radius 3 is 2.68 bits per heavy atom. The summed E-state index contributed by atoms with van der Waals surface area (Å²) in [6.45, 7) is 6.45. The molecule has 0 atom stereocenters. The first-order valence-electron chi connectivity index (χ1n) is 6.68. The Morgan fingerprint density at radius 1 is 1.32 bits per heavy atom. The number of rotatable bonds is 5. The molecular weight excluding hydrogens is 239 g/mol. The van der Waals surface area contributed by atoms with Gasteiger partial charge in [0.15, 0.2) is 0 Å². The van der Waals surface area contributed by atoms with Crippen molar-refractivity contribution in [3.63, 3.8) is 0 Å². The molecule has 2 N–H and O–H groups in total. The SMILES string of the molecule is CC(C)CCN(C)Cc1cc(F)cc(C#CCN)c1. The number of nitrogens with zero attached hydrogens (tertiary/aromatic N) is 1. The lowest BCUT2D eigenvalue weighted by Gasteiger charge is -2.18. The number of nitrogens with two attached hydrogens (primary N) is 1. The molecule has 0 fully saturated rings. The van der Waals surface area contributed by atoms with E-state index in [1.807, 2.05) is 6.07 Å². The normalized spacial score (nSPS) is 10.7. The molecule has 0 radical (unpaired) electrons. The van der Waals surface area contributed by atoms with Crippen LogP contribution in [0.5, 0.6) is 0 Å². The second-order valence-corrected chi connectivity index (χ2v) is 5.27. The number of benzene rings is 1. The zero-order chi connectivity index (χ0) is 14.3. The third-order valence-corrected chi connectivity index (χ3v) is 2.83. The minimum Gasteiger partial charge on any atom is -0.320 e. The Balaban J connectivity index is 2.69. The van der Waals surface area contributed by atoms with Crippen LogP contribution in [-0.4, -0.2) is 25.0 Å². The fourth-order valence-corrected chi connectivity index (χ4v) is 1.84. The van der Waals surface area contributed by atoms with Gasteiger partial charge in [0, 0.05) is 12.1 Å². The van der Waals surface area contributed by atoms with Gasteiger partial charge in [0.05, 0.1) is 6.54 Å². The van der Waals surface area contributed by atoms with E-state index in [2.05, 4.69) is 37.6 Å². The van der Waals surface area contributed by atoms with Gasteiger partial charge in [-0.3, -0.25) is 0 Å². The highest BCUT2D eigenvalue weighted by Gasteiger charge is 2.04.